The lowest BCUT2D eigenvalue weighted by Crippen LogP contribution is -2.01. The molecule has 0 amide bonds. The van der Waals surface area contributed by atoms with Gasteiger partial charge in [0.05, 0.1) is 18.4 Å². The molecule has 4 rings (SSSR count). The molecular weight excluding hydrogens is 382 g/mol. The monoisotopic (exact) mass is 401 g/mol. The van der Waals surface area contributed by atoms with Crippen LogP contribution in [0.1, 0.15) is 15.9 Å². The zero-order valence-electron chi connectivity index (χ0n) is 16.0. The molecule has 144 valence electrons. The SMILES string of the molecule is COc1ccc(-c2csc(-c3ccc(-c4ccccc4C)c(C(=O)O)c3)n2)cc1. The van der Waals surface area contributed by atoms with E-state index in [0.29, 0.717) is 5.56 Å². The Bertz CT molecular complexity index is 1180. The van der Waals surface area contributed by atoms with Gasteiger partial charge in [-0.1, -0.05) is 36.4 Å². The van der Waals surface area contributed by atoms with E-state index in [1.165, 1.54) is 11.3 Å². The van der Waals surface area contributed by atoms with Gasteiger partial charge < -0.3 is 9.84 Å². The van der Waals surface area contributed by atoms with E-state index in [1.54, 1.807) is 13.2 Å². The fraction of sp³-hybridized carbons (Fsp3) is 0.0833. The second-order valence-corrected chi connectivity index (χ2v) is 7.50. The maximum atomic E-state index is 11.9. The Balaban J connectivity index is 1.73. The van der Waals surface area contributed by atoms with E-state index in [4.69, 9.17) is 9.72 Å². The predicted octanol–water partition coefficient (Wildman–Crippen LogP) is 6.16. The maximum absolute atomic E-state index is 11.9. The number of methoxy groups -OCH3 is 1. The number of nitrogens with zero attached hydrogens (tertiary/aromatic N) is 1. The molecule has 29 heavy (non-hydrogen) atoms. The highest BCUT2D eigenvalue weighted by molar-refractivity contribution is 7.13. The summed E-state index contributed by atoms with van der Waals surface area (Å²) < 4.78 is 5.20. The van der Waals surface area contributed by atoms with Gasteiger partial charge in [0, 0.05) is 16.5 Å². The summed E-state index contributed by atoms with van der Waals surface area (Å²) in [5.41, 5.74) is 5.60. The van der Waals surface area contributed by atoms with Gasteiger partial charge in [0.1, 0.15) is 10.8 Å². The van der Waals surface area contributed by atoms with Crippen LogP contribution in [0.4, 0.5) is 0 Å². The predicted molar refractivity (Wildman–Crippen MR) is 117 cm³/mol. The first kappa shape index (κ1) is 18.9. The minimum absolute atomic E-state index is 0.276. The summed E-state index contributed by atoms with van der Waals surface area (Å²) in [6.07, 6.45) is 0. The molecule has 1 aromatic heterocycles. The molecule has 0 aliphatic heterocycles. The van der Waals surface area contributed by atoms with Crippen LogP contribution in [-0.4, -0.2) is 23.2 Å². The van der Waals surface area contributed by atoms with E-state index in [-0.39, 0.29) is 5.56 Å². The van der Waals surface area contributed by atoms with Gasteiger partial charge in [-0.3, -0.25) is 0 Å². The van der Waals surface area contributed by atoms with Crippen LogP contribution in [0, 0.1) is 6.92 Å². The third kappa shape index (κ3) is 3.77. The molecule has 0 saturated carbocycles. The van der Waals surface area contributed by atoms with Gasteiger partial charge in [-0.15, -0.1) is 11.3 Å². The van der Waals surface area contributed by atoms with Gasteiger partial charge in [-0.2, -0.15) is 0 Å². The number of ether oxygens (including phenoxy) is 1. The molecular formula is C24H19NO3S. The van der Waals surface area contributed by atoms with E-state index >= 15 is 0 Å². The molecule has 0 bridgehead atoms. The number of carbonyl (C=O) groups is 1. The Hall–Kier alpha value is -3.44. The molecule has 4 nitrogen and oxygen atoms in total. The molecule has 4 aromatic rings. The van der Waals surface area contributed by atoms with E-state index in [0.717, 1.165) is 38.7 Å². The Morgan fingerprint density at radius 1 is 0.966 bits per heavy atom. The normalized spacial score (nSPS) is 10.7. The van der Waals surface area contributed by atoms with Crippen LogP contribution in [-0.2, 0) is 0 Å². The molecule has 3 aromatic carbocycles. The third-order valence-electron chi connectivity index (χ3n) is 4.82. The number of benzene rings is 3. The van der Waals surface area contributed by atoms with Crippen LogP contribution in [0.5, 0.6) is 5.75 Å². The second-order valence-electron chi connectivity index (χ2n) is 6.65. The molecule has 0 aliphatic rings. The summed E-state index contributed by atoms with van der Waals surface area (Å²) in [5.74, 6) is -0.154. The zero-order valence-corrected chi connectivity index (χ0v) is 16.9. The van der Waals surface area contributed by atoms with Crippen molar-refractivity contribution in [2.24, 2.45) is 0 Å². The van der Waals surface area contributed by atoms with Gasteiger partial charge in [0.15, 0.2) is 0 Å². The summed E-state index contributed by atoms with van der Waals surface area (Å²) >= 11 is 1.50. The van der Waals surface area contributed by atoms with Crippen molar-refractivity contribution in [2.45, 2.75) is 6.92 Å². The second kappa shape index (κ2) is 7.89. The molecule has 0 radical (unpaired) electrons. The largest absolute Gasteiger partial charge is 0.497 e. The molecule has 0 saturated heterocycles. The number of aromatic nitrogens is 1. The zero-order chi connectivity index (χ0) is 20.4. The van der Waals surface area contributed by atoms with Gasteiger partial charge in [-0.25, -0.2) is 9.78 Å². The lowest BCUT2D eigenvalue weighted by molar-refractivity contribution is 0.0698. The standard InChI is InChI=1S/C24H19NO3S/c1-15-5-3-4-6-19(15)20-12-9-17(13-21(20)24(26)27)23-25-22(14-29-23)16-7-10-18(28-2)11-8-16/h3-14H,1-2H3,(H,26,27). The Labute approximate surface area is 173 Å². The number of rotatable bonds is 5. The van der Waals surface area contributed by atoms with E-state index < -0.39 is 5.97 Å². The average Bonchev–Trinajstić information content (AvgIpc) is 3.24. The van der Waals surface area contributed by atoms with E-state index in [1.807, 2.05) is 73.0 Å². The summed E-state index contributed by atoms with van der Waals surface area (Å²) in [6.45, 7) is 1.98. The summed E-state index contributed by atoms with van der Waals surface area (Å²) in [7, 11) is 1.64. The minimum Gasteiger partial charge on any atom is -0.497 e. The van der Waals surface area contributed by atoms with Gasteiger partial charge in [-0.05, 0) is 53.9 Å². The molecule has 0 aliphatic carbocycles. The van der Waals surface area contributed by atoms with Gasteiger partial charge >= 0.3 is 5.97 Å². The number of carboxylic acid groups (broad SMARTS) is 1. The Morgan fingerprint density at radius 2 is 1.69 bits per heavy atom. The van der Waals surface area contributed by atoms with Crippen LogP contribution in [0.25, 0.3) is 33.0 Å². The maximum Gasteiger partial charge on any atom is 0.336 e. The average molecular weight is 401 g/mol. The van der Waals surface area contributed by atoms with Crippen LogP contribution in [0.15, 0.2) is 72.1 Å². The van der Waals surface area contributed by atoms with Crippen LogP contribution in [0.3, 0.4) is 0 Å². The van der Waals surface area contributed by atoms with Crippen LogP contribution >= 0.6 is 11.3 Å². The molecule has 0 atom stereocenters. The fourth-order valence-corrected chi connectivity index (χ4v) is 4.09. The molecule has 5 heteroatoms. The van der Waals surface area contributed by atoms with Crippen molar-refractivity contribution in [3.63, 3.8) is 0 Å². The highest BCUT2D eigenvalue weighted by Gasteiger charge is 2.16. The number of aryl methyl sites for hydroxylation is 1. The topological polar surface area (TPSA) is 59.4 Å². The number of hydrogen-bond donors (Lipinski definition) is 1. The Kier molecular flexibility index (Phi) is 5.14. The van der Waals surface area contributed by atoms with Crippen molar-refractivity contribution in [1.82, 2.24) is 4.98 Å². The summed E-state index contributed by atoms with van der Waals surface area (Å²) in [5, 5.41) is 12.6. The van der Waals surface area contributed by atoms with Crippen molar-refractivity contribution in [2.75, 3.05) is 7.11 Å². The van der Waals surface area contributed by atoms with Gasteiger partial charge in [0.25, 0.3) is 0 Å². The fourth-order valence-electron chi connectivity index (χ4n) is 3.26. The summed E-state index contributed by atoms with van der Waals surface area (Å²) in [4.78, 5) is 16.7. The lowest BCUT2D eigenvalue weighted by Gasteiger charge is -2.10. The highest BCUT2D eigenvalue weighted by Crippen LogP contribution is 2.34. The first-order valence-corrected chi connectivity index (χ1v) is 9.98. The summed E-state index contributed by atoms with van der Waals surface area (Å²) in [6, 6.07) is 21.0. The molecule has 0 fully saturated rings. The number of carboxylic acids is 1. The number of aromatic carboxylic acids is 1. The van der Waals surface area contributed by atoms with Crippen molar-refractivity contribution >= 4 is 17.3 Å². The van der Waals surface area contributed by atoms with Crippen LogP contribution < -0.4 is 4.74 Å². The number of thiazole rings is 1. The molecule has 1 heterocycles. The molecule has 0 unspecified atom stereocenters. The van der Waals surface area contributed by atoms with E-state index in [9.17, 15) is 9.90 Å². The molecule has 0 spiro atoms. The van der Waals surface area contributed by atoms with Crippen molar-refractivity contribution in [1.29, 1.82) is 0 Å². The van der Waals surface area contributed by atoms with Crippen molar-refractivity contribution in [3.05, 3.63) is 83.2 Å². The highest BCUT2D eigenvalue weighted by atomic mass is 32.1. The minimum atomic E-state index is -0.947. The Morgan fingerprint density at radius 3 is 2.38 bits per heavy atom. The first-order valence-electron chi connectivity index (χ1n) is 9.10. The lowest BCUT2D eigenvalue weighted by atomic mass is 9.94. The van der Waals surface area contributed by atoms with Crippen LogP contribution in [0.2, 0.25) is 0 Å². The molecule has 1 N–H and O–H groups in total. The van der Waals surface area contributed by atoms with Crippen molar-refractivity contribution < 1.29 is 14.6 Å². The first-order chi connectivity index (χ1) is 14.1. The smallest absolute Gasteiger partial charge is 0.336 e. The van der Waals surface area contributed by atoms with Crippen molar-refractivity contribution in [3.8, 4) is 38.7 Å². The number of hydrogen-bond acceptors (Lipinski definition) is 4. The van der Waals surface area contributed by atoms with E-state index in [2.05, 4.69) is 0 Å². The third-order valence-corrected chi connectivity index (χ3v) is 5.71. The van der Waals surface area contributed by atoms with Gasteiger partial charge in [0.2, 0.25) is 0 Å². The quantitative estimate of drug-likeness (QED) is 0.435.